The summed E-state index contributed by atoms with van der Waals surface area (Å²) in [6, 6.07) is 15.1. The highest BCUT2D eigenvalue weighted by molar-refractivity contribution is 5.36. The fourth-order valence-electron chi connectivity index (χ4n) is 1.99. The maximum absolute atomic E-state index is 12.8. The van der Waals surface area contributed by atoms with E-state index in [-0.39, 0.29) is 11.7 Å². The van der Waals surface area contributed by atoms with Crippen molar-refractivity contribution < 1.29 is 9.13 Å². The number of rotatable bonds is 3. The van der Waals surface area contributed by atoms with Gasteiger partial charge in [-0.2, -0.15) is 0 Å². The van der Waals surface area contributed by atoms with Crippen LogP contribution in [0.3, 0.4) is 0 Å². The van der Waals surface area contributed by atoms with Gasteiger partial charge in [0.15, 0.2) is 0 Å². The summed E-state index contributed by atoms with van der Waals surface area (Å²) in [5.74, 6) is 1.49. The summed E-state index contributed by atoms with van der Waals surface area (Å²) in [5.41, 5.74) is 2.33. The standard InChI is InChI=1S/C10H13FO.C9H12/c1-7(2)9-6-8(11)4-5-10(9)12-3;1-8(2)9-6-4-3-5-7-9/h4-7H,1-3H3;3-8H,1-2H3. The van der Waals surface area contributed by atoms with Gasteiger partial charge >= 0.3 is 0 Å². The lowest BCUT2D eigenvalue weighted by molar-refractivity contribution is 0.406. The van der Waals surface area contributed by atoms with Crippen LogP contribution in [-0.2, 0) is 0 Å². The molecule has 0 aromatic heterocycles. The van der Waals surface area contributed by atoms with Crippen LogP contribution in [0.1, 0.15) is 50.7 Å². The van der Waals surface area contributed by atoms with Crippen LogP contribution < -0.4 is 4.74 Å². The van der Waals surface area contributed by atoms with Crippen molar-refractivity contribution >= 4 is 0 Å². The fraction of sp³-hybridized carbons (Fsp3) is 0.368. The highest BCUT2D eigenvalue weighted by Gasteiger charge is 2.07. The minimum absolute atomic E-state index is 0.209. The molecule has 0 amide bonds. The smallest absolute Gasteiger partial charge is 0.123 e. The molecule has 2 aromatic carbocycles. The van der Waals surface area contributed by atoms with Crippen molar-refractivity contribution in [3.8, 4) is 5.75 Å². The quantitative estimate of drug-likeness (QED) is 0.697. The molecule has 0 radical (unpaired) electrons. The van der Waals surface area contributed by atoms with Gasteiger partial charge in [-0.15, -0.1) is 0 Å². The number of benzene rings is 2. The van der Waals surface area contributed by atoms with Crippen molar-refractivity contribution in [3.05, 3.63) is 65.5 Å². The number of hydrogen-bond donors (Lipinski definition) is 0. The third-order valence-electron chi connectivity index (χ3n) is 3.28. The number of halogens is 1. The Morgan fingerprint density at radius 1 is 0.857 bits per heavy atom. The second-order valence-electron chi connectivity index (χ2n) is 5.61. The first kappa shape index (κ1) is 17.2. The predicted octanol–water partition coefficient (Wildman–Crippen LogP) is 5.77. The van der Waals surface area contributed by atoms with Gasteiger partial charge in [-0.25, -0.2) is 4.39 Å². The topological polar surface area (TPSA) is 9.23 Å². The lowest BCUT2D eigenvalue weighted by Gasteiger charge is -2.10. The van der Waals surface area contributed by atoms with Gasteiger partial charge in [0.2, 0.25) is 0 Å². The number of methoxy groups -OCH3 is 1. The van der Waals surface area contributed by atoms with E-state index in [1.807, 2.05) is 19.9 Å². The molecule has 0 spiro atoms. The first-order valence-electron chi connectivity index (χ1n) is 7.34. The number of ether oxygens (including phenoxy) is 1. The second kappa shape index (κ2) is 8.46. The third-order valence-corrected chi connectivity index (χ3v) is 3.28. The van der Waals surface area contributed by atoms with Crippen LogP contribution in [0.2, 0.25) is 0 Å². The maximum atomic E-state index is 12.8. The Morgan fingerprint density at radius 2 is 1.48 bits per heavy atom. The van der Waals surface area contributed by atoms with Gasteiger partial charge < -0.3 is 4.74 Å². The second-order valence-corrected chi connectivity index (χ2v) is 5.61. The largest absolute Gasteiger partial charge is 0.496 e. The molecule has 0 unspecified atom stereocenters. The molecule has 2 rings (SSSR count). The normalized spacial score (nSPS) is 10.3. The Kier molecular flexibility index (Phi) is 6.93. The van der Waals surface area contributed by atoms with Crippen molar-refractivity contribution in [1.82, 2.24) is 0 Å². The van der Waals surface area contributed by atoms with E-state index in [0.29, 0.717) is 5.92 Å². The summed E-state index contributed by atoms with van der Waals surface area (Å²) in [6.07, 6.45) is 0. The molecule has 21 heavy (non-hydrogen) atoms. The van der Waals surface area contributed by atoms with Crippen LogP contribution in [0.15, 0.2) is 48.5 Å². The summed E-state index contributed by atoms with van der Waals surface area (Å²) in [7, 11) is 1.60. The molecule has 0 aliphatic carbocycles. The van der Waals surface area contributed by atoms with Crippen molar-refractivity contribution in [1.29, 1.82) is 0 Å². The van der Waals surface area contributed by atoms with E-state index in [9.17, 15) is 4.39 Å². The van der Waals surface area contributed by atoms with Crippen LogP contribution in [0.4, 0.5) is 4.39 Å². The van der Waals surface area contributed by atoms with Gasteiger partial charge in [0.1, 0.15) is 11.6 Å². The molecule has 1 nitrogen and oxygen atoms in total. The minimum atomic E-state index is -0.209. The maximum Gasteiger partial charge on any atom is 0.123 e. The fourth-order valence-corrected chi connectivity index (χ4v) is 1.99. The zero-order valence-corrected chi connectivity index (χ0v) is 13.6. The van der Waals surface area contributed by atoms with Gasteiger partial charge in [0.25, 0.3) is 0 Å². The molecule has 0 aliphatic rings. The molecule has 114 valence electrons. The summed E-state index contributed by atoms with van der Waals surface area (Å²) in [5, 5.41) is 0. The summed E-state index contributed by atoms with van der Waals surface area (Å²) < 4.78 is 17.9. The lowest BCUT2D eigenvalue weighted by Crippen LogP contribution is -1.94. The molecule has 0 bridgehead atoms. The first-order valence-corrected chi connectivity index (χ1v) is 7.34. The zero-order valence-electron chi connectivity index (χ0n) is 13.6. The van der Waals surface area contributed by atoms with Gasteiger partial charge in [-0.1, -0.05) is 58.0 Å². The molecule has 0 N–H and O–H groups in total. The Balaban J connectivity index is 0.000000219. The highest BCUT2D eigenvalue weighted by atomic mass is 19.1. The SMILES string of the molecule is CC(C)c1ccccc1.COc1ccc(F)cc1C(C)C. The Bertz CT molecular complexity index is 533. The van der Waals surface area contributed by atoms with Crippen LogP contribution in [0.25, 0.3) is 0 Å². The zero-order chi connectivity index (χ0) is 15.8. The predicted molar refractivity (Wildman–Crippen MR) is 87.6 cm³/mol. The first-order chi connectivity index (χ1) is 9.95. The number of hydrogen-bond acceptors (Lipinski definition) is 1. The van der Waals surface area contributed by atoms with Crippen molar-refractivity contribution in [2.45, 2.75) is 39.5 Å². The van der Waals surface area contributed by atoms with E-state index in [2.05, 4.69) is 38.1 Å². The van der Waals surface area contributed by atoms with E-state index < -0.39 is 0 Å². The molecule has 2 aromatic rings. The van der Waals surface area contributed by atoms with E-state index in [1.165, 1.54) is 17.7 Å². The van der Waals surface area contributed by atoms with E-state index in [4.69, 9.17) is 4.74 Å². The van der Waals surface area contributed by atoms with Crippen LogP contribution in [-0.4, -0.2) is 7.11 Å². The monoisotopic (exact) mass is 288 g/mol. The van der Waals surface area contributed by atoms with E-state index in [0.717, 1.165) is 11.3 Å². The molecule has 0 fully saturated rings. The Hall–Kier alpha value is -1.83. The average Bonchev–Trinajstić information content (AvgIpc) is 2.48. The molecule has 0 heterocycles. The summed E-state index contributed by atoms with van der Waals surface area (Å²) >= 11 is 0. The highest BCUT2D eigenvalue weighted by Crippen LogP contribution is 2.26. The van der Waals surface area contributed by atoms with E-state index >= 15 is 0 Å². The van der Waals surface area contributed by atoms with Crippen LogP contribution in [0, 0.1) is 5.82 Å². The molecule has 0 saturated carbocycles. The molecular weight excluding hydrogens is 263 g/mol. The molecule has 0 atom stereocenters. The van der Waals surface area contributed by atoms with Gasteiger partial charge in [0.05, 0.1) is 7.11 Å². The summed E-state index contributed by atoms with van der Waals surface area (Å²) in [6.45, 7) is 8.43. The lowest BCUT2D eigenvalue weighted by atomic mass is 10.0. The average molecular weight is 288 g/mol. The third kappa shape index (κ3) is 5.58. The van der Waals surface area contributed by atoms with Crippen LogP contribution in [0.5, 0.6) is 5.75 Å². The van der Waals surface area contributed by atoms with Crippen molar-refractivity contribution in [2.24, 2.45) is 0 Å². The molecule has 0 saturated heterocycles. The minimum Gasteiger partial charge on any atom is -0.496 e. The van der Waals surface area contributed by atoms with Gasteiger partial charge in [-0.3, -0.25) is 0 Å². The van der Waals surface area contributed by atoms with Crippen LogP contribution >= 0.6 is 0 Å². The Labute approximate surface area is 127 Å². The van der Waals surface area contributed by atoms with E-state index in [1.54, 1.807) is 13.2 Å². The van der Waals surface area contributed by atoms with Crippen molar-refractivity contribution in [2.75, 3.05) is 7.11 Å². The molecule has 0 aliphatic heterocycles. The van der Waals surface area contributed by atoms with Gasteiger partial charge in [0, 0.05) is 0 Å². The molecule has 2 heteroatoms. The molecular formula is C19H25FO. The summed E-state index contributed by atoms with van der Waals surface area (Å²) in [4.78, 5) is 0. The van der Waals surface area contributed by atoms with Gasteiger partial charge in [-0.05, 0) is 41.2 Å². The van der Waals surface area contributed by atoms with Crippen molar-refractivity contribution in [3.63, 3.8) is 0 Å². The Morgan fingerprint density at radius 3 is 1.90 bits per heavy atom.